The zero-order chi connectivity index (χ0) is 25.3. The van der Waals surface area contributed by atoms with E-state index in [-0.39, 0.29) is 23.3 Å². The van der Waals surface area contributed by atoms with Gasteiger partial charge in [0.15, 0.2) is 5.12 Å². The predicted molar refractivity (Wildman–Crippen MR) is 144 cm³/mol. The predicted octanol–water partition coefficient (Wildman–Crippen LogP) is 7.42. The Kier molecular flexibility index (Phi) is 16.0. The Morgan fingerprint density at radius 2 is 1.47 bits per heavy atom. The average Bonchev–Trinajstić information content (AvgIpc) is 2.82. The van der Waals surface area contributed by atoms with Crippen molar-refractivity contribution in [1.82, 2.24) is 0 Å². The molecule has 0 radical (unpaired) electrons. The number of thioether (sulfide) groups is 1. The van der Waals surface area contributed by atoms with Crippen molar-refractivity contribution < 1.29 is 19.1 Å². The van der Waals surface area contributed by atoms with Gasteiger partial charge in [-0.1, -0.05) is 101 Å². The highest BCUT2D eigenvalue weighted by Gasteiger charge is 2.24. The number of nitrogens with zero attached hydrogens (tertiary/aromatic N) is 1. The Hall–Kier alpha value is -1.53. The largest absolute Gasteiger partial charge is 0.468 e. The molecule has 0 aromatic heterocycles. The first-order valence-corrected chi connectivity index (χ1v) is 14.0. The Labute approximate surface area is 215 Å². The van der Waals surface area contributed by atoms with E-state index in [0.29, 0.717) is 17.1 Å². The molecular formula is C27H42ClNO4S. The molecule has 0 saturated heterocycles. The van der Waals surface area contributed by atoms with Crippen LogP contribution in [0.2, 0.25) is 5.02 Å². The van der Waals surface area contributed by atoms with E-state index < -0.39 is 5.97 Å². The van der Waals surface area contributed by atoms with Crippen LogP contribution in [0.1, 0.15) is 95.1 Å². The molecule has 7 heteroatoms. The number of carbonyl (C=O) groups excluding carboxylic acids is 3. The molecule has 0 N–H and O–H groups in total. The smallest absolute Gasteiger partial charge is 0.325 e. The molecule has 0 atom stereocenters. The van der Waals surface area contributed by atoms with Crippen LogP contribution in [0.5, 0.6) is 0 Å². The third kappa shape index (κ3) is 11.7. The van der Waals surface area contributed by atoms with E-state index in [1.165, 1.54) is 63.4 Å². The standard InChI is InChI=1S/C27H42ClNO4S/c1-5-6-7-8-9-10-11-12-13-14-15-16-26(32)34-20-24(30)29(19-25(31)33-4)27-21(2)17-18-23(28)22(27)3/h17-18H,5-16,19-20H2,1-4H3. The lowest BCUT2D eigenvalue weighted by molar-refractivity contribution is -0.139. The summed E-state index contributed by atoms with van der Waals surface area (Å²) in [6.07, 6.45) is 14.0. The topological polar surface area (TPSA) is 63.7 Å². The molecule has 0 fully saturated rings. The summed E-state index contributed by atoms with van der Waals surface area (Å²) in [5.41, 5.74) is 2.15. The van der Waals surface area contributed by atoms with Gasteiger partial charge in [0.05, 0.1) is 18.6 Å². The molecule has 1 aromatic carbocycles. The summed E-state index contributed by atoms with van der Waals surface area (Å²) in [5.74, 6) is -0.847. The number of rotatable bonds is 17. The lowest BCUT2D eigenvalue weighted by Crippen LogP contribution is -2.38. The minimum absolute atomic E-state index is 0.0146. The highest BCUT2D eigenvalue weighted by molar-refractivity contribution is 8.14. The van der Waals surface area contributed by atoms with Gasteiger partial charge in [-0.15, -0.1) is 0 Å². The van der Waals surface area contributed by atoms with Crippen LogP contribution in [0.25, 0.3) is 0 Å². The van der Waals surface area contributed by atoms with Crippen LogP contribution < -0.4 is 4.90 Å². The molecule has 0 bridgehead atoms. The summed E-state index contributed by atoms with van der Waals surface area (Å²) in [7, 11) is 1.29. The molecule has 0 aliphatic heterocycles. The van der Waals surface area contributed by atoms with Crippen LogP contribution in [-0.2, 0) is 19.1 Å². The summed E-state index contributed by atoms with van der Waals surface area (Å²) in [5, 5.41) is 0.533. The van der Waals surface area contributed by atoms with Crippen LogP contribution in [0.4, 0.5) is 5.69 Å². The van der Waals surface area contributed by atoms with Gasteiger partial charge in [-0.25, -0.2) is 0 Å². The fraction of sp³-hybridized carbons (Fsp3) is 0.667. The van der Waals surface area contributed by atoms with E-state index >= 15 is 0 Å². The van der Waals surface area contributed by atoms with Crippen LogP contribution >= 0.6 is 23.4 Å². The van der Waals surface area contributed by atoms with Crippen molar-refractivity contribution in [2.24, 2.45) is 0 Å². The van der Waals surface area contributed by atoms with Gasteiger partial charge in [-0.05, 0) is 37.5 Å². The van der Waals surface area contributed by atoms with Crippen LogP contribution in [0.3, 0.4) is 0 Å². The summed E-state index contributed by atoms with van der Waals surface area (Å²) < 4.78 is 4.77. The fourth-order valence-electron chi connectivity index (χ4n) is 3.94. The number of ether oxygens (including phenoxy) is 1. The summed E-state index contributed by atoms with van der Waals surface area (Å²) in [6.45, 7) is 5.70. The Balaban J connectivity index is 2.41. The Morgan fingerprint density at radius 3 is 2.03 bits per heavy atom. The highest BCUT2D eigenvalue weighted by atomic mass is 35.5. The van der Waals surface area contributed by atoms with Crippen LogP contribution in [0, 0.1) is 13.8 Å². The number of aryl methyl sites for hydroxylation is 1. The molecule has 5 nitrogen and oxygen atoms in total. The van der Waals surface area contributed by atoms with Crippen molar-refractivity contribution in [3.63, 3.8) is 0 Å². The lowest BCUT2D eigenvalue weighted by Gasteiger charge is -2.25. The molecule has 192 valence electrons. The van der Waals surface area contributed by atoms with E-state index in [4.69, 9.17) is 16.3 Å². The van der Waals surface area contributed by atoms with E-state index in [2.05, 4.69) is 6.92 Å². The molecule has 1 amide bonds. The number of amides is 1. The van der Waals surface area contributed by atoms with Gasteiger partial charge in [-0.3, -0.25) is 19.3 Å². The molecule has 0 aliphatic carbocycles. The summed E-state index contributed by atoms with van der Waals surface area (Å²) >= 11 is 7.28. The van der Waals surface area contributed by atoms with E-state index in [1.54, 1.807) is 6.07 Å². The number of methoxy groups -OCH3 is 1. The van der Waals surface area contributed by atoms with Crippen molar-refractivity contribution in [3.8, 4) is 0 Å². The molecule has 1 aromatic rings. The van der Waals surface area contributed by atoms with E-state index in [9.17, 15) is 14.4 Å². The molecule has 0 unspecified atom stereocenters. The highest BCUT2D eigenvalue weighted by Crippen LogP contribution is 2.31. The van der Waals surface area contributed by atoms with Gasteiger partial charge in [0.1, 0.15) is 6.54 Å². The van der Waals surface area contributed by atoms with Crippen molar-refractivity contribution in [2.75, 3.05) is 24.3 Å². The maximum atomic E-state index is 13.0. The SMILES string of the molecule is CCCCCCCCCCCCCC(=O)SCC(=O)N(CC(=O)OC)c1c(C)ccc(Cl)c1C. The first-order chi connectivity index (χ1) is 16.3. The molecule has 0 aliphatic rings. The van der Waals surface area contributed by atoms with Gasteiger partial charge in [0.25, 0.3) is 0 Å². The molecular weight excluding hydrogens is 470 g/mol. The first-order valence-electron chi connectivity index (χ1n) is 12.6. The maximum Gasteiger partial charge on any atom is 0.325 e. The van der Waals surface area contributed by atoms with Crippen molar-refractivity contribution in [3.05, 3.63) is 28.3 Å². The van der Waals surface area contributed by atoms with Gasteiger partial charge >= 0.3 is 5.97 Å². The lowest BCUT2D eigenvalue weighted by atomic mass is 10.1. The number of carbonyl (C=O) groups is 3. The third-order valence-corrected chi connectivity index (χ3v) is 7.32. The van der Waals surface area contributed by atoms with Gasteiger partial charge in [0.2, 0.25) is 5.91 Å². The monoisotopic (exact) mass is 511 g/mol. The molecule has 0 saturated carbocycles. The fourth-order valence-corrected chi connectivity index (χ4v) is 4.82. The summed E-state index contributed by atoms with van der Waals surface area (Å²) in [4.78, 5) is 38.6. The van der Waals surface area contributed by atoms with E-state index in [0.717, 1.165) is 42.2 Å². The minimum atomic E-state index is -0.524. The van der Waals surface area contributed by atoms with Gasteiger partial charge in [-0.2, -0.15) is 0 Å². The Bertz CT molecular complexity index is 784. The van der Waals surface area contributed by atoms with E-state index in [1.807, 2.05) is 19.9 Å². The molecule has 0 heterocycles. The van der Waals surface area contributed by atoms with Gasteiger partial charge in [0, 0.05) is 11.4 Å². The molecule has 0 spiro atoms. The van der Waals surface area contributed by atoms with Crippen molar-refractivity contribution >= 4 is 46.0 Å². The maximum absolute atomic E-state index is 13.0. The van der Waals surface area contributed by atoms with Gasteiger partial charge < -0.3 is 4.74 Å². The zero-order valence-corrected chi connectivity index (χ0v) is 23.0. The van der Waals surface area contributed by atoms with Crippen molar-refractivity contribution in [2.45, 2.75) is 97.8 Å². The number of halogens is 1. The number of esters is 1. The van der Waals surface area contributed by atoms with Crippen LogP contribution in [0.15, 0.2) is 12.1 Å². The summed E-state index contributed by atoms with van der Waals surface area (Å²) in [6, 6.07) is 3.58. The quantitative estimate of drug-likeness (QED) is 0.161. The Morgan fingerprint density at radius 1 is 0.912 bits per heavy atom. The molecule has 1 rings (SSSR count). The number of anilines is 1. The number of benzene rings is 1. The van der Waals surface area contributed by atoms with Crippen LogP contribution in [-0.4, -0.2) is 36.4 Å². The zero-order valence-electron chi connectivity index (χ0n) is 21.4. The third-order valence-electron chi connectivity index (χ3n) is 5.99. The molecule has 34 heavy (non-hydrogen) atoms. The normalized spacial score (nSPS) is 10.9. The minimum Gasteiger partial charge on any atom is -0.468 e. The second-order valence-corrected chi connectivity index (χ2v) is 10.3. The second kappa shape index (κ2) is 17.8. The van der Waals surface area contributed by atoms with Crippen molar-refractivity contribution in [1.29, 1.82) is 0 Å². The number of hydrogen-bond acceptors (Lipinski definition) is 5. The first kappa shape index (κ1) is 30.5. The second-order valence-electron chi connectivity index (χ2n) is 8.84. The number of unbranched alkanes of at least 4 members (excludes halogenated alkanes) is 10. The number of hydrogen-bond donors (Lipinski definition) is 0. The average molecular weight is 512 g/mol.